The van der Waals surface area contributed by atoms with Gasteiger partial charge < -0.3 is 14.9 Å². The van der Waals surface area contributed by atoms with Gasteiger partial charge in [-0.3, -0.25) is 4.79 Å². The minimum Gasteiger partial charge on any atom is -0.394 e. The summed E-state index contributed by atoms with van der Waals surface area (Å²) in [4.78, 5) is 11.8. The summed E-state index contributed by atoms with van der Waals surface area (Å²) in [5.74, 6) is 0.222. The predicted octanol–water partition coefficient (Wildman–Crippen LogP) is 2.08. The van der Waals surface area contributed by atoms with E-state index >= 15 is 0 Å². The van der Waals surface area contributed by atoms with E-state index in [1.807, 2.05) is 6.92 Å². The zero-order valence-corrected chi connectivity index (χ0v) is 11.3. The van der Waals surface area contributed by atoms with Crippen LogP contribution in [0.2, 0.25) is 0 Å². The summed E-state index contributed by atoms with van der Waals surface area (Å²) >= 11 is 0. The number of carbonyl (C=O) groups is 1. The second kappa shape index (κ2) is 7.16. The van der Waals surface area contributed by atoms with Crippen LogP contribution in [-0.2, 0) is 0 Å². The van der Waals surface area contributed by atoms with E-state index in [2.05, 4.69) is 24.3 Å². The summed E-state index contributed by atoms with van der Waals surface area (Å²) in [6.07, 6.45) is 2.62. The van der Waals surface area contributed by atoms with Gasteiger partial charge >= 0.3 is 0 Å². The Kier molecular flexibility index (Phi) is 5.85. The van der Waals surface area contributed by atoms with Crippen molar-refractivity contribution in [2.24, 2.45) is 0 Å². The van der Waals surface area contributed by atoms with E-state index in [0.29, 0.717) is 12.3 Å². The quantitative estimate of drug-likeness (QED) is 0.781. The zero-order valence-electron chi connectivity index (χ0n) is 11.3. The molecule has 0 saturated heterocycles. The molecule has 0 aliphatic heterocycles. The maximum Gasteiger partial charge on any atom is 0.290 e. The van der Waals surface area contributed by atoms with Gasteiger partial charge in [0.2, 0.25) is 5.76 Å². The van der Waals surface area contributed by atoms with Gasteiger partial charge in [0.15, 0.2) is 0 Å². The maximum absolute atomic E-state index is 11.8. The molecule has 1 aromatic rings. The van der Waals surface area contributed by atoms with Gasteiger partial charge in [-0.25, -0.2) is 0 Å². The molecular formula is C13H22N2O3. The van der Waals surface area contributed by atoms with Gasteiger partial charge in [-0.15, -0.1) is 0 Å². The van der Waals surface area contributed by atoms with Gasteiger partial charge in [-0.2, -0.15) is 0 Å². The molecule has 1 unspecified atom stereocenters. The number of amides is 1. The Balaban J connectivity index is 2.70. The molecule has 5 heteroatoms. The first-order valence-corrected chi connectivity index (χ1v) is 6.54. The van der Waals surface area contributed by atoms with Crippen molar-refractivity contribution in [3.8, 4) is 0 Å². The number of aliphatic hydroxyl groups is 1. The van der Waals surface area contributed by atoms with Crippen molar-refractivity contribution in [3.05, 3.63) is 17.5 Å². The van der Waals surface area contributed by atoms with Crippen molar-refractivity contribution in [1.29, 1.82) is 0 Å². The molecule has 1 aromatic heterocycles. The fourth-order valence-electron chi connectivity index (χ4n) is 1.83. The Morgan fingerprint density at radius 3 is 2.56 bits per heavy atom. The Labute approximate surface area is 108 Å². The summed E-state index contributed by atoms with van der Waals surface area (Å²) in [5.41, 5.74) is 0.821. The Morgan fingerprint density at radius 2 is 2.06 bits per heavy atom. The van der Waals surface area contributed by atoms with Crippen molar-refractivity contribution < 1.29 is 14.4 Å². The number of aromatic nitrogens is 1. The molecule has 1 heterocycles. The molecular weight excluding hydrogens is 232 g/mol. The molecule has 0 saturated carbocycles. The number of rotatable bonds is 7. The highest BCUT2D eigenvalue weighted by Crippen LogP contribution is 2.22. The molecule has 1 rings (SSSR count). The topological polar surface area (TPSA) is 75.4 Å². The Bertz CT molecular complexity index is 368. The van der Waals surface area contributed by atoms with Crippen LogP contribution >= 0.6 is 0 Å². The van der Waals surface area contributed by atoms with Crippen LogP contribution in [-0.4, -0.2) is 28.8 Å². The molecule has 0 bridgehead atoms. The van der Waals surface area contributed by atoms with Crippen molar-refractivity contribution in [2.45, 2.75) is 52.0 Å². The Hall–Kier alpha value is -1.36. The lowest BCUT2D eigenvalue weighted by Crippen LogP contribution is -2.36. The lowest BCUT2D eigenvalue weighted by atomic mass is 9.99. The normalized spacial score (nSPS) is 12.7. The number of aliphatic hydroxyl groups excluding tert-OH is 1. The third kappa shape index (κ3) is 3.57. The molecule has 0 radical (unpaired) electrons. The first-order valence-electron chi connectivity index (χ1n) is 6.54. The summed E-state index contributed by atoms with van der Waals surface area (Å²) in [5, 5.41) is 15.7. The molecule has 0 spiro atoms. The number of nitrogens with one attached hydrogen (secondary N) is 1. The summed E-state index contributed by atoms with van der Waals surface area (Å²) in [6, 6.07) is 1.45. The Morgan fingerprint density at radius 1 is 1.39 bits per heavy atom. The summed E-state index contributed by atoms with van der Waals surface area (Å²) in [7, 11) is 0. The average molecular weight is 254 g/mol. The van der Waals surface area contributed by atoms with Crippen LogP contribution < -0.4 is 5.32 Å². The molecule has 18 heavy (non-hydrogen) atoms. The highest BCUT2D eigenvalue weighted by molar-refractivity contribution is 5.91. The highest BCUT2D eigenvalue weighted by Gasteiger charge is 2.19. The van der Waals surface area contributed by atoms with E-state index in [1.54, 1.807) is 6.07 Å². The first kappa shape index (κ1) is 14.7. The summed E-state index contributed by atoms with van der Waals surface area (Å²) in [6.45, 7) is 6.00. The molecule has 0 fully saturated rings. The smallest absolute Gasteiger partial charge is 0.290 e. The number of hydrogen-bond acceptors (Lipinski definition) is 4. The average Bonchev–Trinajstić information content (AvgIpc) is 2.87. The van der Waals surface area contributed by atoms with E-state index in [-0.39, 0.29) is 24.3 Å². The maximum atomic E-state index is 11.8. The van der Waals surface area contributed by atoms with E-state index in [0.717, 1.165) is 18.5 Å². The lowest BCUT2D eigenvalue weighted by molar-refractivity contribution is 0.0877. The number of hydrogen-bond donors (Lipinski definition) is 2. The second-order valence-corrected chi connectivity index (χ2v) is 4.39. The van der Waals surface area contributed by atoms with Crippen molar-refractivity contribution in [3.63, 3.8) is 0 Å². The van der Waals surface area contributed by atoms with Crippen molar-refractivity contribution in [2.75, 3.05) is 6.61 Å². The fourth-order valence-corrected chi connectivity index (χ4v) is 1.83. The molecule has 0 aromatic carbocycles. The summed E-state index contributed by atoms with van der Waals surface area (Å²) < 4.78 is 5.06. The number of carbonyl (C=O) groups excluding carboxylic acids is 1. The molecule has 5 nitrogen and oxygen atoms in total. The SMILES string of the molecule is CCC(CO)NC(=O)c1cc(C(CC)CC)no1. The molecule has 1 amide bonds. The molecule has 102 valence electrons. The van der Waals surface area contributed by atoms with Crippen LogP contribution in [0.15, 0.2) is 10.6 Å². The van der Waals surface area contributed by atoms with E-state index in [4.69, 9.17) is 9.63 Å². The third-order valence-corrected chi connectivity index (χ3v) is 3.20. The molecule has 2 N–H and O–H groups in total. The third-order valence-electron chi connectivity index (χ3n) is 3.20. The minimum atomic E-state index is -0.319. The van der Waals surface area contributed by atoms with Crippen LogP contribution in [0.3, 0.4) is 0 Å². The zero-order chi connectivity index (χ0) is 13.5. The predicted molar refractivity (Wildman–Crippen MR) is 68.5 cm³/mol. The van der Waals surface area contributed by atoms with Crippen LogP contribution in [0.1, 0.15) is 62.2 Å². The van der Waals surface area contributed by atoms with Gasteiger partial charge in [-0.1, -0.05) is 25.9 Å². The van der Waals surface area contributed by atoms with Gasteiger partial charge in [0, 0.05) is 12.0 Å². The van der Waals surface area contributed by atoms with Crippen LogP contribution in [0.25, 0.3) is 0 Å². The van der Waals surface area contributed by atoms with Gasteiger partial charge in [0.1, 0.15) is 0 Å². The van der Waals surface area contributed by atoms with Crippen LogP contribution in [0, 0.1) is 0 Å². The largest absolute Gasteiger partial charge is 0.394 e. The van der Waals surface area contributed by atoms with Crippen molar-refractivity contribution >= 4 is 5.91 Å². The molecule has 0 aliphatic rings. The van der Waals surface area contributed by atoms with E-state index < -0.39 is 0 Å². The van der Waals surface area contributed by atoms with Gasteiger partial charge in [-0.05, 0) is 19.3 Å². The van der Waals surface area contributed by atoms with Crippen LogP contribution in [0.5, 0.6) is 0 Å². The van der Waals surface area contributed by atoms with Crippen molar-refractivity contribution in [1.82, 2.24) is 10.5 Å². The number of nitrogens with zero attached hydrogens (tertiary/aromatic N) is 1. The first-order chi connectivity index (χ1) is 8.65. The van der Waals surface area contributed by atoms with E-state index in [9.17, 15) is 4.79 Å². The monoisotopic (exact) mass is 254 g/mol. The second-order valence-electron chi connectivity index (χ2n) is 4.39. The fraction of sp³-hybridized carbons (Fsp3) is 0.692. The lowest BCUT2D eigenvalue weighted by Gasteiger charge is -2.11. The minimum absolute atomic E-state index is 0.0736. The molecule has 0 aliphatic carbocycles. The van der Waals surface area contributed by atoms with Gasteiger partial charge in [0.25, 0.3) is 5.91 Å². The van der Waals surface area contributed by atoms with Crippen LogP contribution in [0.4, 0.5) is 0 Å². The standard InChI is InChI=1S/C13H22N2O3/c1-4-9(5-2)11-7-12(18-15-11)13(17)14-10(6-3)8-16/h7,9-10,16H,4-6,8H2,1-3H3,(H,14,17). The molecule has 1 atom stereocenters. The highest BCUT2D eigenvalue weighted by atomic mass is 16.5. The van der Waals surface area contributed by atoms with E-state index in [1.165, 1.54) is 0 Å². The van der Waals surface area contributed by atoms with Gasteiger partial charge in [0.05, 0.1) is 18.3 Å².